The van der Waals surface area contributed by atoms with Crippen molar-refractivity contribution in [3.05, 3.63) is 59.5 Å². The van der Waals surface area contributed by atoms with E-state index in [9.17, 15) is 14.7 Å². The summed E-state index contributed by atoms with van der Waals surface area (Å²) in [6, 6.07) is 8.18. The molecule has 3 aromatic rings. The van der Waals surface area contributed by atoms with Crippen molar-refractivity contribution in [1.29, 1.82) is 0 Å². The second-order valence-corrected chi connectivity index (χ2v) is 10.7. The average Bonchev–Trinajstić information content (AvgIpc) is 3.53. The highest BCUT2D eigenvalue weighted by atomic mass is 16.5. The zero-order chi connectivity index (χ0) is 26.7. The van der Waals surface area contributed by atoms with Gasteiger partial charge >= 0.3 is 6.09 Å². The molecule has 37 heavy (non-hydrogen) atoms. The molecule has 1 saturated heterocycles. The van der Waals surface area contributed by atoms with E-state index in [0.717, 1.165) is 47.5 Å². The standard InChI is InChI=1S/C27H34N6O4/c1-17-12-19(6-7-20(17)13-29-24(34)23-30-25(37-31-23)27(2,3)4)21-8-10-28-14-22(21)33-11-9-18(16-33)15-32(5)26(35)36/h6-8,10,12,14,18H,9,11,13,15-16H2,1-5H3,(H,29,34)(H,35,36). The van der Waals surface area contributed by atoms with E-state index in [-0.39, 0.29) is 23.1 Å². The lowest BCUT2D eigenvalue weighted by Gasteiger charge is -2.23. The molecule has 1 aliphatic heterocycles. The molecule has 10 heteroatoms. The van der Waals surface area contributed by atoms with Gasteiger partial charge in [0.2, 0.25) is 5.89 Å². The molecule has 2 amide bonds. The number of carboxylic acid groups (broad SMARTS) is 1. The van der Waals surface area contributed by atoms with E-state index in [2.05, 4.69) is 31.4 Å². The molecule has 4 rings (SSSR count). The zero-order valence-electron chi connectivity index (χ0n) is 22.0. The number of aryl methyl sites for hydroxylation is 1. The van der Waals surface area contributed by atoms with Crippen molar-refractivity contribution in [2.24, 2.45) is 5.92 Å². The first kappa shape index (κ1) is 26.1. The van der Waals surface area contributed by atoms with Crippen molar-refractivity contribution in [1.82, 2.24) is 25.3 Å². The van der Waals surface area contributed by atoms with Crippen molar-refractivity contribution in [2.45, 2.75) is 46.1 Å². The van der Waals surface area contributed by atoms with Crippen LogP contribution in [-0.2, 0) is 12.0 Å². The van der Waals surface area contributed by atoms with Gasteiger partial charge in [-0.3, -0.25) is 9.78 Å². The van der Waals surface area contributed by atoms with E-state index < -0.39 is 6.09 Å². The summed E-state index contributed by atoms with van der Waals surface area (Å²) < 4.78 is 5.22. The minimum atomic E-state index is -0.903. The van der Waals surface area contributed by atoms with Crippen LogP contribution >= 0.6 is 0 Å². The quantitative estimate of drug-likeness (QED) is 0.491. The summed E-state index contributed by atoms with van der Waals surface area (Å²) in [4.78, 5) is 35.9. The van der Waals surface area contributed by atoms with Gasteiger partial charge in [0.1, 0.15) is 0 Å². The second kappa shape index (κ2) is 10.6. The molecule has 1 aliphatic rings. The molecule has 0 radical (unpaired) electrons. The molecule has 196 valence electrons. The fraction of sp³-hybridized carbons (Fsp3) is 0.444. The Balaban J connectivity index is 1.44. The summed E-state index contributed by atoms with van der Waals surface area (Å²) in [7, 11) is 1.61. The maximum absolute atomic E-state index is 12.5. The van der Waals surface area contributed by atoms with E-state index in [1.54, 1.807) is 13.2 Å². The number of carbonyl (C=O) groups excluding carboxylic acids is 1. The van der Waals surface area contributed by atoms with E-state index in [1.807, 2.05) is 52.1 Å². The zero-order valence-corrected chi connectivity index (χ0v) is 22.0. The summed E-state index contributed by atoms with van der Waals surface area (Å²) in [5, 5.41) is 15.9. The highest BCUT2D eigenvalue weighted by molar-refractivity contribution is 5.90. The van der Waals surface area contributed by atoms with Gasteiger partial charge in [-0.1, -0.05) is 44.1 Å². The Kier molecular flexibility index (Phi) is 7.47. The van der Waals surface area contributed by atoms with E-state index >= 15 is 0 Å². The third-order valence-electron chi connectivity index (χ3n) is 6.65. The number of carbonyl (C=O) groups is 2. The van der Waals surface area contributed by atoms with Gasteiger partial charge < -0.3 is 24.7 Å². The Morgan fingerprint density at radius 1 is 1.27 bits per heavy atom. The van der Waals surface area contributed by atoms with Gasteiger partial charge in [0.25, 0.3) is 11.7 Å². The van der Waals surface area contributed by atoms with Gasteiger partial charge in [-0.05, 0) is 42.0 Å². The SMILES string of the molecule is Cc1cc(-c2ccncc2N2CCC(CN(C)C(=O)O)C2)ccc1CNC(=O)c1noc(C(C)(C)C)n1. The van der Waals surface area contributed by atoms with Crippen LogP contribution in [0, 0.1) is 12.8 Å². The van der Waals surface area contributed by atoms with Gasteiger partial charge in [-0.2, -0.15) is 4.98 Å². The largest absolute Gasteiger partial charge is 0.465 e. The molecule has 0 spiro atoms. The first-order valence-electron chi connectivity index (χ1n) is 12.4. The second-order valence-electron chi connectivity index (χ2n) is 10.7. The summed E-state index contributed by atoms with van der Waals surface area (Å²) in [6.45, 7) is 10.4. The van der Waals surface area contributed by atoms with E-state index in [1.165, 1.54) is 4.90 Å². The molecular formula is C27H34N6O4. The fourth-order valence-electron chi connectivity index (χ4n) is 4.48. The highest BCUT2D eigenvalue weighted by Gasteiger charge is 2.27. The van der Waals surface area contributed by atoms with E-state index in [0.29, 0.717) is 19.0 Å². The molecule has 10 nitrogen and oxygen atoms in total. The third-order valence-corrected chi connectivity index (χ3v) is 6.65. The molecule has 0 aliphatic carbocycles. The lowest BCUT2D eigenvalue weighted by Crippen LogP contribution is -2.32. The van der Waals surface area contributed by atoms with Crippen LogP contribution in [0.25, 0.3) is 11.1 Å². The molecule has 1 aromatic carbocycles. The molecule has 0 saturated carbocycles. The van der Waals surface area contributed by atoms with Gasteiger partial charge in [-0.15, -0.1) is 0 Å². The predicted octanol–water partition coefficient (Wildman–Crippen LogP) is 4.10. The summed E-state index contributed by atoms with van der Waals surface area (Å²) in [6.07, 6.45) is 3.68. The number of aromatic nitrogens is 3. The average molecular weight is 507 g/mol. The van der Waals surface area contributed by atoms with Crippen molar-refractivity contribution in [2.75, 3.05) is 31.6 Å². The number of anilines is 1. The Bertz CT molecular complexity index is 1280. The number of pyridine rings is 1. The Labute approximate surface area is 216 Å². The van der Waals surface area contributed by atoms with Crippen LogP contribution < -0.4 is 10.2 Å². The van der Waals surface area contributed by atoms with Gasteiger partial charge in [-0.25, -0.2) is 4.79 Å². The first-order valence-corrected chi connectivity index (χ1v) is 12.4. The van der Waals surface area contributed by atoms with Crippen molar-refractivity contribution in [3.8, 4) is 11.1 Å². The number of amides is 2. The number of nitrogens with zero attached hydrogens (tertiary/aromatic N) is 5. The lowest BCUT2D eigenvalue weighted by molar-refractivity contribution is 0.0937. The molecule has 2 aromatic heterocycles. The molecular weight excluding hydrogens is 472 g/mol. The van der Waals surface area contributed by atoms with Crippen LogP contribution in [0.1, 0.15) is 54.8 Å². The number of hydrogen-bond acceptors (Lipinski definition) is 7. The molecule has 3 heterocycles. The van der Waals surface area contributed by atoms with Crippen molar-refractivity contribution in [3.63, 3.8) is 0 Å². The molecule has 1 fully saturated rings. The van der Waals surface area contributed by atoms with Crippen LogP contribution in [0.2, 0.25) is 0 Å². The fourth-order valence-corrected chi connectivity index (χ4v) is 4.48. The number of rotatable bonds is 7. The summed E-state index contributed by atoms with van der Waals surface area (Å²) in [5.74, 6) is 0.348. The van der Waals surface area contributed by atoms with Crippen molar-refractivity contribution >= 4 is 17.7 Å². The van der Waals surface area contributed by atoms with Crippen LogP contribution in [0.5, 0.6) is 0 Å². The monoisotopic (exact) mass is 506 g/mol. The Hall–Kier alpha value is -3.95. The minimum Gasteiger partial charge on any atom is -0.465 e. The smallest absolute Gasteiger partial charge is 0.407 e. The summed E-state index contributed by atoms with van der Waals surface area (Å²) in [5.41, 5.74) is 4.88. The first-order chi connectivity index (χ1) is 17.5. The molecule has 1 atom stereocenters. The Morgan fingerprint density at radius 2 is 2.05 bits per heavy atom. The third kappa shape index (κ3) is 6.07. The number of benzene rings is 1. The van der Waals surface area contributed by atoms with Crippen LogP contribution in [0.3, 0.4) is 0 Å². The minimum absolute atomic E-state index is 0.0269. The van der Waals surface area contributed by atoms with Crippen molar-refractivity contribution < 1.29 is 19.2 Å². The molecule has 0 bridgehead atoms. The predicted molar refractivity (Wildman–Crippen MR) is 140 cm³/mol. The van der Waals surface area contributed by atoms with E-state index in [4.69, 9.17) is 4.52 Å². The molecule has 1 unspecified atom stereocenters. The maximum Gasteiger partial charge on any atom is 0.407 e. The van der Waals surface area contributed by atoms with Gasteiger partial charge in [0.15, 0.2) is 0 Å². The summed E-state index contributed by atoms with van der Waals surface area (Å²) >= 11 is 0. The van der Waals surface area contributed by atoms with Crippen LogP contribution in [-0.4, -0.2) is 63.8 Å². The van der Waals surface area contributed by atoms with Crippen LogP contribution in [0.15, 0.2) is 41.2 Å². The number of nitrogens with one attached hydrogen (secondary N) is 1. The van der Waals surface area contributed by atoms with Gasteiger partial charge in [0, 0.05) is 50.4 Å². The Morgan fingerprint density at radius 3 is 2.73 bits per heavy atom. The van der Waals surface area contributed by atoms with Crippen LogP contribution in [0.4, 0.5) is 10.5 Å². The highest BCUT2D eigenvalue weighted by Crippen LogP contribution is 2.34. The lowest BCUT2D eigenvalue weighted by atomic mass is 9.97. The number of hydrogen-bond donors (Lipinski definition) is 2. The molecule has 2 N–H and O–H groups in total. The normalized spacial score (nSPS) is 15.6. The maximum atomic E-state index is 12.5. The topological polar surface area (TPSA) is 125 Å². The van der Waals surface area contributed by atoms with Gasteiger partial charge in [0.05, 0.1) is 11.9 Å².